The number of carbonyl (C=O) groups is 1. The summed E-state index contributed by atoms with van der Waals surface area (Å²) in [6.45, 7) is 0.396. The lowest BCUT2D eigenvalue weighted by atomic mass is 10.1. The SMILES string of the molecule is CN1N[C@@H]2CCC[C@@H]2N=C(N)/C(=C(\NCc2ccc(-c3nccc(F)n3)cc2)Nc2ccccc2)C1=O. The molecule has 3 aromatic rings. The van der Waals surface area contributed by atoms with Crippen LogP contribution < -0.4 is 21.8 Å². The number of amides is 1. The summed E-state index contributed by atoms with van der Waals surface area (Å²) in [5.74, 6) is 0.124. The van der Waals surface area contributed by atoms with E-state index in [0.717, 1.165) is 30.5 Å². The molecule has 190 valence electrons. The van der Waals surface area contributed by atoms with Crippen LogP contribution in [0.5, 0.6) is 0 Å². The minimum absolute atomic E-state index is 0.0149. The molecule has 5 rings (SSSR count). The van der Waals surface area contributed by atoms with Gasteiger partial charge in [-0.05, 0) is 37.0 Å². The average Bonchev–Trinajstić information content (AvgIpc) is 3.33. The lowest BCUT2D eigenvalue weighted by Gasteiger charge is -2.30. The van der Waals surface area contributed by atoms with Gasteiger partial charge in [-0.1, -0.05) is 42.5 Å². The van der Waals surface area contributed by atoms with Crippen molar-refractivity contribution in [3.63, 3.8) is 0 Å². The third-order valence-corrected chi connectivity index (χ3v) is 6.51. The molecule has 0 unspecified atom stereocenters. The monoisotopic (exact) mass is 500 g/mol. The van der Waals surface area contributed by atoms with Crippen molar-refractivity contribution in [1.82, 2.24) is 25.7 Å². The Morgan fingerprint density at radius 3 is 2.68 bits per heavy atom. The molecule has 2 heterocycles. The Hall–Kier alpha value is -4.31. The summed E-state index contributed by atoms with van der Waals surface area (Å²) in [4.78, 5) is 26.2. The van der Waals surface area contributed by atoms with Crippen LogP contribution in [0.25, 0.3) is 11.4 Å². The zero-order valence-corrected chi connectivity index (χ0v) is 20.5. The Morgan fingerprint density at radius 2 is 1.92 bits per heavy atom. The van der Waals surface area contributed by atoms with Gasteiger partial charge in [0.05, 0.1) is 6.04 Å². The maximum Gasteiger partial charge on any atom is 0.275 e. The molecular formula is C27H29FN8O. The van der Waals surface area contributed by atoms with Gasteiger partial charge in [0, 0.05) is 43.1 Å². The van der Waals surface area contributed by atoms with E-state index in [2.05, 4.69) is 26.0 Å². The maximum absolute atomic E-state index is 13.5. The van der Waals surface area contributed by atoms with Crippen molar-refractivity contribution in [1.29, 1.82) is 0 Å². The number of hydrogen-bond acceptors (Lipinski definition) is 8. The highest BCUT2D eigenvalue weighted by Gasteiger charge is 2.34. The first-order valence-electron chi connectivity index (χ1n) is 12.2. The van der Waals surface area contributed by atoms with Crippen molar-refractivity contribution in [3.05, 3.63) is 89.8 Å². The number of amidine groups is 1. The summed E-state index contributed by atoms with van der Waals surface area (Å²) >= 11 is 0. The number of rotatable bonds is 6. The van der Waals surface area contributed by atoms with Crippen molar-refractivity contribution >= 4 is 17.4 Å². The van der Waals surface area contributed by atoms with Crippen LogP contribution in [0.3, 0.4) is 0 Å². The molecular weight excluding hydrogens is 471 g/mol. The number of nitrogens with one attached hydrogen (secondary N) is 3. The van der Waals surface area contributed by atoms with E-state index in [9.17, 15) is 9.18 Å². The average molecular weight is 501 g/mol. The second-order valence-electron chi connectivity index (χ2n) is 9.11. The fraction of sp³-hybridized carbons (Fsp3) is 0.259. The van der Waals surface area contributed by atoms with Gasteiger partial charge in [-0.25, -0.2) is 10.4 Å². The summed E-state index contributed by atoms with van der Waals surface area (Å²) in [5.41, 5.74) is 12.5. The Bertz CT molecular complexity index is 1330. The standard InChI is InChI=1S/C27H29FN8O/c1-36-27(37)23(24(29)33-20-8-5-9-21(20)35-36)26(32-19-6-3-2-4-7-19)31-16-17-10-12-18(13-11-17)25-30-15-14-22(28)34-25/h2-4,6-7,10-15,20-21,31-32,35H,5,8-9,16H2,1H3,(H2,29,33)/b26-23-/t20-,21+/m0/s1. The molecule has 0 spiro atoms. The Kier molecular flexibility index (Phi) is 7.09. The Labute approximate surface area is 214 Å². The number of fused-ring (bicyclic) bond motifs is 1. The molecule has 2 aliphatic rings. The minimum atomic E-state index is -0.578. The van der Waals surface area contributed by atoms with Gasteiger partial charge >= 0.3 is 0 Å². The molecule has 1 aliphatic heterocycles. The predicted octanol–water partition coefficient (Wildman–Crippen LogP) is 2.95. The number of nitrogens with zero attached hydrogens (tertiary/aromatic N) is 4. The van der Waals surface area contributed by atoms with Crippen molar-refractivity contribution in [2.24, 2.45) is 10.7 Å². The number of hydrazine groups is 1. The fourth-order valence-electron chi connectivity index (χ4n) is 4.61. The number of halogens is 1. The third kappa shape index (κ3) is 5.59. The van der Waals surface area contributed by atoms with Crippen LogP contribution in [0, 0.1) is 5.95 Å². The van der Waals surface area contributed by atoms with Crippen LogP contribution in [0.15, 0.2) is 83.2 Å². The highest BCUT2D eigenvalue weighted by Crippen LogP contribution is 2.25. The largest absolute Gasteiger partial charge is 0.383 e. The van der Waals surface area contributed by atoms with Gasteiger partial charge in [0.25, 0.3) is 5.91 Å². The first kappa shape index (κ1) is 24.4. The van der Waals surface area contributed by atoms with Gasteiger partial charge in [0.1, 0.15) is 17.2 Å². The minimum Gasteiger partial charge on any atom is -0.383 e. The number of likely N-dealkylation sites (N-methyl/N-ethyl adjacent to an activating group) is 1. The van der Waals surface area contributed by atoms with E-state index < -0.39 is 5.95 Å². The number of para-hydroxylation sites is 1. The van der Waals surface area contributed by atoms with Gasteiger partial charge in [-0.2, -0.15) is 9.37 Å². The van der Waals surface area contributed by atoms with E-state index in [1.165, 1.54) is 17.3 Å². The van der Waals surface area contributed by atoms with Gasteiger partial charge in [0.2, 0.25) is 5.95 Å². The fourth-order valence-corrected chi connectivity index (χ4v) is 4.61. The van der Waals surface area contributed by atoms with Crippen LogP contribution in [0.1, 0.15) is 24.8 Å². The molecule has 0 saturated heterocycles. The van der Waals surface area contributed by atoms with Gasteiger partial charge in [-0.3, -0.25) is 14.8 Å². The zero-order valence-electron chi connectivity index (χ0n) is 20.5. The normalized spacial score (nSPS) is 21.0. The summed E-state index contributed by atoms with van der Waals surface area (Å²) in [7, 11) is 1.71. The molecule has 37 heavy (non-hydrogen) atoms. The molecule has 1 amide bonds. The van der Waals surface area contributed by atoms with E-state index in [0.29, 0.717) is 23.8 Å². The lowest BCUT2D eigenvalue weighted by Crippen LogP contribution is -2.52. The number of anilines is 1. The van der Waals surface area contributed by atoms with Crippen LogP contribution in [0.4, 0.5) is 10.1 Å². The first-order chi connectivity index (χ1) is 18.0. The molecule has 1 fully saturated rings. The van der Waals surface area contributed by atoms with Gasteiger partial charge < -0.3 is 16.4 Å². The molecule has 0 radical (unpaired) electrons. The molecule has 9 nitrogen and oxygen atoms in total. The van der Waals surface area contributed by atoms with Gasteiger partial charge in [-0.15, -0.1) is 0 Å². The number of hydrogen-bond donors (Lipinski definition) is 4. The number of carbonyl (C=O) groups excluding carboxylic acids is 1. The first-order valence-corrected chi connectivity index (χ1v) is 12.2. The second-order valence-corrected chi connectivity index (χ2v) is 9.11. The molecule has 1 aliphatic carbocycles. The summed E-state index contributed by atoms with van der Waals surface area (Å²) < 4.78 is 13.5. The molecule has 2 atom stereocenters. The third-order valence-electron chi connectivity index (χ3n) is 6.51. The highest BCUT2D eigenvalue weighted by atomic mass is 19.1. The van der Waals surface area contributed by atoms with Crippen LogP contribution in [-0.2, 0) is 11.3 Å². The van der Waals surface area contributed by atoms with E-state index in [1.807, 2.05) is 54.6 Å². The van der Waals surface area contributed by atoms with Crippen molar-refractivity contribution < 1.29 is 9.18 Å². The number of aromatic nitrogens is 2. The summed E-state index contributed by atoms with van der Waals surface area (Å²) in [5, 5.41) is 8.18. The summed E-state index contributed by atoms with van der Waals surface area (Å²) in [6.07, 6.45) is 4.29. The summed E-state index contributed by atoms with van der Waals surface area (Å²) in [6, 6.07) is 18.3. The van der Waals surface area contributed by atoms with Crippen LogP contribution in [0.2, 0.25) is 0 Å². The van der Waals surface area contributed by atoms with E-state index >= 15 is 0 Å². The second kappa shape index (κ2) is 10.8. The number of benzene rings is 2. The molecule has 0 bridgehead atoms. The Balaban J connectivity index is 1.45. The van der Waals surface area contributed by atoms with E-state index in [1.54, 1.807) is 7.05 Å². The lowest BCUT2D eigenvalue weighted by molar-refractivity contribution is -0.129. The predicted molar refractivity (Wildman–Crippen MR) is 140 cm³/mol. The van der Waals surface area contributed by atoms with Crippen molar-refractivity contribution in [2.45, 2.75) is 37.9 Å². The molecule has 1 saturated carbocycles. The maximum atomic E-state index is 13.5. The Morgan fingerprint density at radius 1 is 1.14 bits per heavy atom. The molecule has 10 heteroatoms. The zero-order chi connectivity index (χ0) is 25.8. The van der Waals surface area contributed by atoms with Crippen molar-refractivity contribution in [3.8, 4) is 11.4 Å². The molecule has 2 aromatic carbocycles. The topological polar surface area (TPSA) is 121 Å². The quantitative estimate of drug-likeness (QED) is 0.303. The smallest absolute Gasteiger partial charge is 0.275 e. The number of aliphatic imine (C=N–C) groups is 1. The molecule has 5 N–H and O–H groups in total. The van der Waals surface area contributed by atoms with E-state index in [-0.39, 0.29) is 29.4 Å². The van der Waals surface area contributed by atoms with Crippen LogP contribution in [-0.4, -0.2) is 45.9 Å². The van der Waals surface area contributed by atoms with Gasteiger partial charge in [0.15, 0.2) is 5.82 Å². The van der Waals surface area contributed by atoms with E-state index in [4.69, 9.17) is 10.7 Å². The highest BCUT2D eigenvalue weighted by molar-refractivity contribution is 6.21. The molecule has 1 aromatic heterocycles. The number of nitrogens with two attached hydrogens (primary N) is 1. The van der Waals surface area contributed by atoms with Crippen LogP contribution >= 0.6 is 0 Å². The van der Waals surface area contributed by atoms with Crippen molar-refractivity contribution in [2.75, 3.05) is 12.4 Å².